The van der Waals surface area contributed by atoms with Crippen LogP contribution in [0.3, 0.4) is 0 Å². The van der Waals surface area contributed by atoms with Crippen LogP contribution in [0.25, 0.3) is 11.0 Å². The standard InChI is InChI=1S/C21H15Cl2F3N2O3/c22-14-8-12-9-16(20(30)31-18(12)17(23)11-14)19(29)28-6-4-27(5-7-28)15-3-1-2-13(10-15)21(24,25)26/h1-3,8-11H,4-7H2. The molecule has 3 aromatic rings. The fourth-order valence-corrected chi connectivity index (χ4v) is 4.07. The number of carbonyl (C=O) groups excluding carboxylic acids is 1. The van der Waals surface area contributed by atoms with Crippen LogP contribution in [-0.2, 0) is 6.18 Å². The summed E-state index contributed by atoms with van der Waals surface area (Å²) in [6.07, 6.45) is -4.43. The molecule has 2 aromatic carbocycles. The van der Waals surface area contributed by atoms with Gasteiger partial charge >= 0.3 is 11.8 Å². The van der Waals surface area contributed by atoms with Crippen molar-refractivity contribution in [2.24, 2.45) is 0 Å². The van der Waals surface area contributed by atoms with Gasteiger partial charge in [0.25, 0.3) is 5.91 Å². The summed E-state index contributed by atoms with van der Waals surface area (Å²) < 4.78 is 44.1. The van der Waals surface area contributed by atoms with Crippen molar-refractivity contribution in [2.45, 2.75) is 6.18 Å². The quantitative estimate of drug-likeness (QED) is 0.490. The minimum Gasteiger partial charge on any atom is -0.421 e. The molecule has 5 nitrogen and oxygen atoms in total. The van der Waals surface area contributed by atoms with Crippen molar-refractivity contribution in [1.82, 2.24) is 4.90 Å². The lowest BCUT2D eigenvalue weighted by Gasteiger charge is -2.36. The summed E-state index contributed by atoms with van der Waals surface area (Å²) in [6.45, 7) is 1.12. The third-order valence-corrected chi connectivity index (χ3v) is 5.59. The maximum absolute atomic E-state index is 13.0. The Morgan fingerprint density at radius 1 is 1.00 bits per heavy atom. The number of piperazine rings is 1. The van der Waals surface area contributed by atoms with Crippen LogP contribution >= 0.6 is 23.2 Å². The molecule has 0 atom stereocenters. The van der Waals surface area contributed by atoms with E-state index < -0.39 is 23.3 Å². The van der Waals surface area contributed by atoms with Crippen LogP contribution in [0.4, 0.5) is 18.9 Å². The second-order valence-electron chi connectivity index (χ2n) is 7.08. The zero-order valence-corrected chi connectivity index (χ0v) is 17.4. The number of fused-ring (bicyclic) bond motifs is 1. The third kappa shape index (κ3) is 4.36. The molecule has 162 valence electrons. The largest absolute Gasteiger partial charge is 0.421 e. The summed E-state index contributed by atoms with van der Waals surface area (Å²) in [5.41, 5.74) is -1.13. The lowest BCUT2D eigenvalue weighted by molar-refractivity contribution is -0.137. The predicted molar refractivity (Wildman–Crippen MR) is 112 cm³/mol. The minimum absolute atomic E-state index is 0.141. The van der Waals surface area contributed by atoms with Gasteiger partial charge in [-0.05, 0) is 36.4 Å². The smallest absolute Gasteiger partial charge is 0.416 e. The Bertz CT molecular complexity index is 1220. The number of benzene rings is 2. The second kappa shape index (κ2) is 8.09. The Morgan fingerprint density at radius 3 is 2.39 bits per heavy atom. The van der Waals surface area contributed by atoms with Crippen molar-refractivity contribution >= 4 is 45.8 Å². The lowest BCUT2D eigenvalue weighted by Crippen LogP contribution is -2.49. The Kier molecular flexibility index (Phi) is 5.61. The van der Waals surface area contributed by atoms with Crippen LogP contribution in [0.15, 0.2) is 51.7 Å². The van der Waals surface area contributed by atoms with Gasteiger partial charge in [-0.25, -0.2) is 4.79 Å². The number of hydrogen-bond acceptors (Lipinski definition) is 4. The highest BCUT2D eigenvalue weighted by Gasteiger charge is 2.31. The van der Waals surface area contributed by atoms with Gasteiger partial charge in [0.05, 0.1) is 10.6 Å². The van der Waals surface area contributed by atoms with Gasteiger partial charge in [-0.3, -0.25) is 4.79 Å². The summed E-state index contributed by atoms with van der Waals surface area (Å²) in [7, 11) is 0. The summed E-state index contributed by atoms with van der Waals surface area (Å²) >= 11 is 12.0. The second-order valence-corrected chi connectivity index (χ2v) is 7.92. The van der Waals surface area contributed by atoms with E-state index in [1.165, 1.54) is 29.2 Å². The molecule has 1 aromatic heterocycles. The van der Waals surface area contributed by atoms with E-state index in [9.17, 15) is 22.8 Å². The Morgan fingerprint density at radius 2 is 1.71 bits per heavy atom. The normalized spacial score (nSPS) is 14.9. The van der Waals surface area contributed by atoms with Crippen LogP contribution in [-0.4, -0.2) is 37.0 Å². The summed E-state index contributed by atoms with van der Waals surface area (Å²) in [4.78, 5) is 28.5. The molecule has 31 heavy (non-hydrogen) atoms. The predicted octanol–water partition coefficient (Wildman–Crippen LogP) is 5.08. The molecule has 0 unspecified atom stereocenters. The van der Waals surface area contributed by atoms with Gasteiger partial charge in [-0.2, -0.15) is 13.2 Å². The first-order valence-corrected chi connectivity index (χ1v) is 10.0. The zero-order chi connectivity index (χ0) is 22.3. The first kappa shape index (κ1) is 21.5. The monoisotopic (exact) mass is 470 g/mol. The van der Waals surface area contributed by atoms with Crippen LogP contribution in [0.1, 0.15) is 15.9 Å². The van der Waals surface area contributed by atoms with E-state index >= 15 is 0 Å². The van der Waals surface area contributed by atoms with Crippen LogP contribution in [0, 0.1) is 0 Å². The van der Waals surface area contributed by atoms with Gasteiger partial charge < -0.3 is 14.2 Å². The molecular weight excluding hydrogens is 456 g/mol. The van der Waals surface area contributed by atoms with Gasteiger partial charge in [0.15, 0.2) is 5.58 Å². The number of rotatable bonds is 2. The molecule has 4 rings (SSSR count). The highest BCUT2D eigenvalue weighted by Crippen LogP contribution is 2.32. The maximum atomic E-state index is 13.0. The Balaban J connectivity index is 1.53. The van der Waals surface area contributed by atoms with Crippen molar-refractivity contribution in [2.75, 3.05) is 31.1 Å². The van der Waals surface area contributed by atoms with Gasteiger partial charge in [-0.15, -0.1) is 0 Å². The van der Waals surface area contributed by atoms with Crippen molar-refractivity contribution in [1.29, 1.82) is 0 Å². The molecular formula is C21H15Cl2F3N2O3. The molecule has 1 aliphatic rings. The minimum atomic E-state index is -4.43. The molecule has 0 N–H and O–H groups in total. The van der Waals surface area contributed by atoms with Gasteiger partial charge in [0.2, 0.25) is 0 Å². The first-order chi connectivity index (χ1) is 14.6. The molecule has 0 bridgehead atoms. The molecule has 1 amide bonds. The van der Waals surface area contributed by atoms with Crippen LogP contribution in [0.2, 0.25) is 10.0 Å². The van der Waals surface area contributed by atoms with E-state index in [0.29, 0.717) is 29.2 Å². The van der Waals surface area contributed by atoms with Crippen LogP contribution in [0.5, 0.6) is 0 Å². The van der Waals surface area contributed by atoms with E-state index in [4.69, 9.17) is 27.6 Å². The molecule has 1 aliphatic heterocycles. The number of amides is 1. The number of alkyl halides is 3. The summed E-state index contributed by atoms with van der Waals surface area (Å²) in [5.74, 6) is -0.518. The average molecular weight is 471 g/mol. The average Bonchev–Trinajstić information content (AvgIpc) is 2.73. The fourth-order valence-electron chi connectivity index (χ4n) is 3.52. The van der Waals surface area contributed by atoms with Crippen molar-refractivity contribution < 1.29 is 22.4 Å². The zero-order valence-electron chi connectivity index (χ0n) is 15.9. The van der Waals surface area contributed by atoms with Crippen molar-refractivity contribution in [3.63, 3.8) is 0 Å². The van der Waals surface area contributed by atoms with E-state index in [1.807, 2.05) is 0 Å². The number of anilines is 1. The fraction of sp³-hybridized carbons (Fsp3) is 0.238. The number of halogens is 5. The first-order valence-electron chi connectivity index (χ1n) is 9.28. The number of hydrogen-bond donors (Lipinski definition) is 0. The molecule has 10 heteroatoms. The summed E-state index contributed by atoms with van der Waals surface area (Å²) in [6, 6.07) is 9.41. The van der Waals surface area contributed by atoms with Gasteiger partial charge in [0, 0.05) is 42.3 Å². The van der Waals surface area contributed by atoms with E-state index in [1.54, 1.807) is 11.0 Å². The van der Waals surface area contributed by atoms with Crippen LogP contribution < -0.4 is 10.5 Å². The van der Waals surface area contributed by atoms with Gasteiger partial charge in [0.1, 0.15) is 5.56 Å². The molecule has 1 saturated heterocycles. The van der Waals surface area contributed by atoms with Crippen molar-refractivity contribution in [3.05, 3.63) is 74.1 Å². The topological polar surface area (TPSA) is 53.8 Å². The molecule has 0 radical (unpaired) electrons. The Hall–Kier alpha value is -2.71. The number of carbonyl (C=O) groups is 1. The SMILES string of the molecule is O=C(c1cc2cc(Cl)cc(Cl)c2oc1=O)N1CCN(c2cccc(C(F)(F)F)c2)CC1. The van der Waals surface area contributed by atoms with E-state index in [0.717, 1.165) is 12.1 Å². The summed E-state index contributed by atoms with van der Waals surface area (Å²) in [5, 5.41) is 0.913. The Labute approximate surface area is 184 Å². The molecule has 0 saturated carbocycles. The van der Waals surface area contributed by atoms with Crippen molar-refractivity contribution in [3.8, 4) is 0 Å². The lowest BCUT2D eigenvalue weighted by atomic mass is 10.1. The number of nitrogens with zero attached hydrogens (tertiary/aromatic N) is 2. The van der Waals surface area contributed by atoms with E-state index in [-0.39, 0.29) is 29.3 Å². The maximum Gasteiger partial charge on any atom is 0.416 e. The highest BCUT2D eigenvalue weighted by atomic mass is 35.5. The molecule has 2 heterocycles. The van der Waals surface area contributed by atoms with E-state index in [2.05, 4.69) is 0 Å². The molecule has 1 fully saturated rings. The molecule has 0 spiro atoms. The molecule has 0 aliphatic carbocycles. The van der Waals surface area contributed by atoms with Gasteiger partial charge in [-0.1, -0.05) is 29.3 Å². The highest BCUT2D eigenvalue weighted by molar-refractivity contribution is 6.38. The third-order valence-electron chi connectivity index (χ3n) is 5.09.